The lowest BCUT2D eigenvalue weighted by atomic mass is 10.2. The summed E-state index contributed by atoms with van der Waals surface area (Å²) in [6.45, 7) is 4.72. The van der Waals surface area contributed by atoms with Crippen molar-refractivity contribution in [3.8, 4) is 5.75 Å². The van der Waals surface area contributed by atoms with Crippen LogP contribution in [0.1, 0.15) is 48.9 Å². The van der Waals surface area contributed by atoms with E-state index in [0.717, 1.165) is 18.5 Å². The van der Waals surface area contributed by atoms with Crippen LogP contribution in [0.25, 0.3) is 0 Å². The monoisotopic (exact) mass is 273 g/mol. The maximum atomic E-state index is 10.5. The number of ether oxygens (including phenoxy) is 1. The van der Waals surface area contributed by atoms with Crippen molar-refractivity contribution in [2.45, 2.75) is 39.3 Å². The Hall–Kier alpha value is -2.17. The second kappa shape index (κ2) is 6.84. The minimum absolute atomic E-state index is 0.398. The topological polar surface area (TPSA) is 57.0 Å². The van der Waals surface area contributed by atoms with Crippen LogP contribution in [0.5, 0.6) is 5.75 Å². The third-order valence-corrected chi connectivity index (χ3v) is 3.25. The molecule has 0 radical (unpaired) electrons. The molecule has 5 heteroatoms. The lowest BCUT2D eigenvalue weighted by molar-refractivity contribution is 0.111. The predicted octanol–water partition coefficient (Wildman–Crippen LogP) is 3.03. The quantitative estimate of drug-likeness (QED) is 0.728. The number of carbonyl (C=O) groups is 1. The van der Waals surface area contributed by atoms with Crippen LogP contribution < -0.4 is 4.74 Å². The van der Waals surface area contributed by atoms with Gasteiger partial charge in [0.1, 0.15) is 18.1 Å². The van der Waals surface area contributed by atoms with Gasteiger partial charge in [-0.3, -0.25) is 9.48 Å². The highest BCUT2D eigenvalue weighted by molar-refractivity contribution is 5.71. The number of rotatable bonds is 7. The number of pyridine rings is 1. The fraction of sp³-hybridized carbons (Fsp3) is 0.400. The van der Waals surface area contributed by atoms with Gasteiger partial charge in [0.25, 0.3) is 0 Å². The lowest BCUT2D eigenvalue weighted by Gasteiger charge is -2.12. The highest BCUT2D eigenvalue weighted by Crippen LogP contribution is 2.15. The van der Waals surface area contributed by atoms with Crippen LogP contribution in [0.3, 0.4) is 0 Å². The Labute approximate surface area is 118 Å². The van der Waals surface area contributed by atoms with Gasteiger partial charge in [-0.1, -0.05) is 13.8 Å². The van der Waals surface area contributed by atoms with E-state index in [-0.39, 0.29) is 0 Å². The summed E-state index contributed by atoms with van der Waals surface area (Å²) < 4.78 is 7.59. The van der Waals surface area contributed by atoms with Crippen molar-refractivity contribution in [3.63, 3.8) is 0 Å². The van der Waals surface area contributed by atoms with Gasteiger partial charge in [-0.2, -0.15) is 5.10 Å². The molecular formula is C15H19N3O2. The van der Waals surface area contributed by atoms with Crippen molar-refractivity contribution in [1.29, 1.82) is 0 Å². The molecule has 0 N–H and O–H groups in total. The Balaban J connectivity index is 1.95. The SMILES string of the molecule is CCC(CC)n1ccc(COc2ccc(C=O)nc2)n1. The number of hydrogen-bond acceptors (Lipinski definition) is 4. The van der Waals surface area contributed by atoms with E-state index in [1.165, 1.54) is 0 Å². The summed E-state index contributed by atoms with van der Waals surface area (Å²) in [5, 5.41) is 4.52. The van der Waals surface area contributed by atoms with Gasteiger partial charge in [0.2, 0.25) is 0 Å². The fourth-order valence-corrected chi connectivity index (χ4v) is 2.02. The first-order chi connectivity index (χ1) is 9.76. The summed E-state index contributed by atoms with van der Waals surface area (Å²) in [6.07, 6.45) is 6.37. The van der Waals surface area contributed by atoms with Crippen molar-refractivity contribution >= 4 is 6.29 Å². The Morgan fingerprint density at radius 2 is 2.10 bits per heavy atom. The molecule has 2 aromatic heterocycles. The zero-order chi connectivity index (χ0) is 14.4. The van der Waals surface area contributed by atoms with Gasteiger partial charge in [-0.25, -0.2) is 4.98 Å². The normalized spacial score (nSPS) is 10.8. The van der Waals surface area contributed by atoms with Crippen molar-refractivity contribution in [3.05, 3.63) is 42.0 Å². The summed E-state index contributed by atoms with van der Waals surface area (Å²) in [6, 6.07) is 5.77. The van der Waals surface area contributed by atoms with Gasteiger partial charge < -0.3 is 4.74 Å². The zero-order valence-corrected chi connectivity index (χ0v) is 11.8. The van der Waals surface area contributed by atoms with Gasteiger partial charge in [0, 0.05) is 6.20 Å². The van der Waals surface area contributed by atoms with Gasteiger partial charge >= 0.3 is 0 Å². The van der Waals surface area contributed by atoms with E-state index in [0.29, 0.717) is 30.4 Å². The Kier molecular flexibility index (Phi) is 4.87. The summed E-state index contributed by atoms with van der Waals surface area (Å²) in [7, 11) is 0. The molecule has 2 heterocycles. The minimum atomic E-state index is 0.398. The average molecular weight is 273 g/mol. The van der Waals surface area contributed by atoms with Crippen molar-refractivity contribution < 1.29 is 9.53 Å². The molecular weight excluding hydrogens is 254 g/mol. The third-order valence-electron chi connectivity index (χ3n) is 3.25. The first kappa shape index (κ1) is 14.2. The highest BCUT2D eigenvalue weighted by Gasteiger charge is 2.08. The molecule has 0 atom stereocenters. The van der Waals surface area contributed by atoms with E-state index < -0.39 is 0 Å². The molecule has 0 saturated carbocycles. The third kappa shape index (κ3) is 3.44. The number of nitrogens with zero attached hydrogens (tertiary/aromatic N) is 3. The van der Waals surface area contributed by atoms with Crippen LogP contribution in [0.4, 0.5) is 0 Å². The van der Waals surface area contributed by atoms with Crippen LogP contribution in [0, 0.1) is 0 Å². The summed E-state index contributed by atoms with van der Waals surface area (Å²) in [5.41, 5.74) is 1.28. The molecule has 106 valence electrons. The molecule has 5 nitrogen and oxygen atoms in total. The van der Waals surface area contributed by atoms with E-state index in [9.17, 15) is 4.79 Å². The summed E-state index contributed by atoms with van der Waals surface area (Å²) in [4.78, 5) is 14.5. The molecule has 2 aromatic rings. The highest BCUT2D eigenvalue weighted by atomic mass is 16.5. The standard InChI is InChI=1S/C15H19N3O2/c1-3-14(4-2)18-8-7-13(17-18)11-20-15-6-5-12(10-19)16-9-15/h5-10,14H,3-4,11H2,1-2H3. The van der Waals surface area contributed by atoms with Crippen molar-refractivity contribution in [2.24, 2.45) is 0 Å². The van der Waals surface area contributed by atoms with E-state index in [2.05, 4.69) is 23.9 Å². The Morgan fingerprint density at radius 1 is 1.30 bits per heavy atom. The molecule has 0 unspecified atom stereocenters. The average Bonchev–Trinajstić information content (AvgIpc) is 2.96. The van der Waals surface area contributed by atoms with Crippen molar-refractivity contribution in [2.75, 3.05) is 0 Å². The molecule has 0 saturated heterocycles. The molecule has 0 aliphatic carbocycles. The molecule has 0 aromatic carbocycles. The molecule has 0 amide bonds. The predicted molar refractivity (Wildman–Crippen MR) is 75.8 cm³/mol. The van der Waals surface area contributed by atoms with Gasteiger partial charge in [0.15, 0.2) is 6.29 Å². The summed E-state index contributed by atoms with van der Waals surface area (Å²) >= 11 is 0. The molecule has 20 heavy (non-hydrogen) atoms. The molecule has 0 fully saturated rings. The van der Waals surface area contributed by atoms with E-state index in [1.54, 1.807) is 18.3 Å². The van der Waals surface area contributed by atoms with Crippen LogP contribution >= 0.6 is 0 Å². The van der Waals surface area contributed by atoms with Gasteiger partial charge in [-0.15, -0.1) is 0 Å². The number of hydrogen-bond donors (Lipinski definition) is 0. The second-order valence-electron chi connectivity index (χ2n) is 4.58. The molecule has 0 aliphatic heterocycles. The maximum Gasteiger partial charge on any atom is 0.168 e. The van der Waals surface area contributed by atoms with Crippen molar-refractivity contribution in [1.82, 2.24) is 14.8 Å². The van der Waals surface area contributed by atoms with E-state index >= 15 is 0 Å². The van der Waals surface area contributed by atoms with Crippen LogP contribution in [0.2, 0.25) is 0 Å². The Morgan fingerprint density at radius 3 is 2.70 bits per heavy atom. The van der Waals surface area contributed by atoms with Gasteiger partial charge in [-0.05, 0) is 31.0 Å². The number of carbonyl (C=O) groups excluding carboxylic acids is 1. The maximum absolute atomic E-state index is 10.5. The van der Waals surface area contributed by atoms with E-state index in [4.69, 9.17) is 4.74 Å². The second-order valence-corrected chi connectivity index (χ2v) is 4.58. The smallest absolute Gasteiger partial charge is 0.168 e. The molecule has 0 aliphatic rings. The number of aldehydes is 1. The van der Waals surface area contributed by atoms with Crippen LogP contribution in [0.15, 0.2) is 30.6 Å². The largest absolute Gasteiger partial charge is 0.486 e. The van der Waals surface area contributed by atoms with E-state index in [1.807, 2.05) is 16.9 Å². The lowest BCUT2D eigenvalue weighted by Crippen LogP contribution is -2.08. The Bertz CT molecular complexity index is 545. The molecule has 0 bridgehead atoms. The number of aromatic nitrogens is 3. The summed E-state index contributed by atoms with van der Waals surface area (Å²) in [5.74, 6) is 0.632. The first-order valence-electron chi connectivity index (χ1n) is 6.84. The zero-order valence-electron chi connectivity index (χ0n) is 11.8. The first-order valence-corrected chi connectivity index (χ1v) is 6.84. The fourth-order valence-electron chi connectivity index (χ4n) is 2.02. The van der Waals surface area contributed by atoms with Crippen LogP contribution in [-0.2, 0) is 6.61 Å². The van der Waals surface area contributed by atoms with Crippen LogP contribution in [-0.4, -0.2) is 21.1 Å². The minimum Gasteiger partial charge on any atom is -0.486 e. The van der Waals surface area contributed by atoms with Gasteiger partial charge in [0.05, 0.1) is 17.9 Å². The molecule has 0 spiro atoms. The molecule has 2 rings (SSSR count).